The van der Waals surface area contributed by atoms with Gasteiger partial charge in [-0.2, -0.15) is 0 Å². The highest BCUT2D eigenvalue weighted by molar-refractivity contribution is 5.71. The Morgan fingerprint density at radius 2 is 2.21 bits per heavy atom. The molecule has 1 aromatic rings. The highest BCUT2D eigenvalue weighted by Crippen LogP contribution is 2.24. The summed E-state index contributed by atoms with van der Waals surface area (Å²) in [7, 11) is 1.93. The average Bonchev–Trinajstić information content (AvgIpc) is 2.33. The first-order valence-corrected chi connectivity index (χ1v) is 6.64. The summed E-state index contributed by atoms with van der Waals surface area (Å²) in [6.45, 7) is 2.47. The Bertz CT molecular complexity index is 460. The molecule has 1 aromatic carbocycles. The van der Waals surface area contributed by atoms with Gasteiger partial charge in [0.15, 0.2) is 0 Å². The third-order valence-corrected chi connectivity index (χ3v) is 3.96. The number of nitrogens with zero attached hydrogens (tertiary/aromatic N) is 1. The van der Waals surface area contributed by atoms with E-state index in [2.05, 4.69) is 25.1 Å². The highest BCUT2D eigenvalue weighted by atomic mass is 16.4. The normalized spacial score (nSPS) is 28.3. The first-order valence-electron chi connectivity index (χ1n) is 6.64. The van der Waals surface area contributed by atoms with E-state index in [0.717, 1.165) is 6.42 Å². The molecule has 1 heterocycles. The highest BCUT2D eigenvalue weighted by Gasteiger charge is 2.36. The second-order valence-electron chi connectivity index (χ2n) is 5.53. The monoisotopic (exact) mass is 263 g/mol. The zero-order valence-electron chi connectivity index (χ0n) is 11.4. The maximum absolute atomic E-state index is 11.0. The molecule has 0 aliphatic carbocycles. The molecule has 1 saturated heterocycles. The van der Waals surface area contributed by atoms with E-state index in [-0.39, 0.29) is 6.04 Å². The summed E-state index contributed by atoms with van der Waals surface area (Å²) in [6.07, 6.45) is 0.617. The van der Waals surface area contributed by atoms with Crippen LogP contribution in [0.5, 0.6) is 0 Å². The molecular formula is C15H21NO3. The molecule has 2 N–H and O–H groups in total. The number of carboxylic acid groups (broad SMARTS) is 1. The van der Waals surface area contributed by atoms with Gasteiger partial charge in [-0.3, -0.25) is 4.79 Å². The standard InChI is InChI=1S/C15H21NO3/c1-10-4-3-5-11(6-10)7-12-8-14(17)13(15(18)19)9-16(12)2/h3-6,12-14,17H,7-9H2,1-2H3,(H,18,19). The quantitative estimate of drug-likeness (QED) is 0.863. The van der Waals surface area contributed by atoms with Gasteiger partial charge in [-0.05, 0) is 32.4 Å². The van der Waals surface area contributed by atoms with Gasteiger partial charge in [0.25, 0.3) is 0 Å². The number of hydrogen-bond acceptors (Lipinski definition) is 3. The minimum Gasteiger partial charge on any atom is -0.481 e. The Kier molecular flexibility index (Phi) is 4.22. The van der Waals surface area contributed by atoms with Crippen molar-refractivity contribution in [2.75, 3.05) is 13.6 Å². The van der Waals surface area contributed by atoms with Crippen LogP contribution in [0.2, 0.25) is 0 Å². The predicted molar refractivity (Wildman–Crippen MR) is 73.1 cm³/mol. The van der Waals surface area contributed by atoms with Gasteiger partial charge in [0, 0.05) is 12.6 Å². The molecular weight excluding hydrogens is 242 g/mol. The lowest BCUT2D eigenvalue weighted by Crippen LogP contribution is -2.50. The van der Waals surface area contributed by atoms with E-state index in [1.165, 1.54) is 11.1 Å². The minimum absolute atomic E-state index is 0.201. The van der Waals surface area contributed by atoms with Gasteiger partial charge < -0.3 is 15.1 Å². The second kappa shape index (κ2) is 5.72. The van der Waals surface area contributed by atoms with Gasteiger partial charge in [-0.1, -0.05) is 29.8 Å². The number of benzene rings is 1. The van der Waals surface area contributed by atoms with E-state index in [1.807, 2.05) is 18.0 Å². The number of aliphatic hydroxyl groups excluding tert-OH is 1. The zero-order valence-corrected chi connectivity index (χ0v) is 11.4. The largest absolute Gasteiger partial charge is 0.481 e. The van der Waals surface area contributed by atoms with Crippen LogP contribution >= 0.6 is 0 Å². The number of piperidine rings is 1. The first kappa shape index (κ1) is 14.0. The van der Waals surface area contributed by atoms with Crippen LogP contribution in [0, 0.1) is 12.8 Å². The third-order valence-electron chi connectivity index (χ3n) is 3.96. The number of rotatable bonds is 3. The molecule has 0 saturated carbocycles. The van der Waals surface area contributed by atoms with Gasteiger partial charge in [-0.25, -0.2) is 0 Å². The van der Waals surface area contributed by atoms with Crippen molar-refractivity contribution in [3.63, 3.8) is 0 Å². The van der Waals surface area contributed by atoms with Gasteiger partial charge in [0.2, 0.25) is 0 Å². The Morgan fingerprint density at radius 1 is 1.47 bits per heavy atom. The van der Waals surface area contributed by atoms with Crippen molar-refractivity contribution in [1.82, 2.24) is 4.90 Å². The van der Waals surface area contributed by atoms with Crippen LogP contribution in [-0.2, 0) is 11.2 Å². The topological polar surface area (TPSA) is 60.8 Å². The molecule has 19 heavy (non-hydrogen) atoms. The number of carbonyl (C=O) groups is 1. The lowest BCUT2D eigenvalue weighted by molar-refractivity contribution is -0.149. The maximum atomic E-state index is 11.0. The Morgan fingerprint density at radius 3 is 2.84 bits per heavy atom. The van der Waals surface area contributed by atoms with Gasteiger partial charge >= 0.3 is 5.97 Å². The summed E-state index contributed by atoms with van der Waals surface area (Å²) in [5.41, 5.74) is 2.46. The number of hydrogen-bond donors (Lipinski definition) is 2. The lowest BCUT2D eigenvalue weighted by atomic mass is 9.87. The SMILES string of the molecule is Cc1cccc(CC2CC(O)C(C(=O)O)CN2C)c1. The summed E-state index contributed by atoms with van der Waals surface area (Å²) in [6, 6.07) is 8.51. The van der Waals surface area contributed by atoms with E-state index >= 15 is 0 Å². The van der Waals surface area contributed by atoms with E-state index in [4.69, 9.17) is 5.11 Å². The first-order chi connectivity index (χ1) is 8.97. The van der Waals surface area contributed by atoms with Crippen LogP contribution in [0.4, 0.5) is 0 Å². The number of aliphatic carboxylic acids is 1. The summed E-state index contributed by atoms with van der Waals surface area (Å²) < 4.78 is 0. The molecule has 0 spiro atoms. The molecule has 0 bridgehead atoms. The Hall–Kier alpha value is -1.39. The fraction of sp³-hybridized carbons (Fsp3) is 0.533. The third kappa shape index (κ3) is 3.33. The molecule has 0 radical (unpaired) electrons. The van der Waals surface area contributed by atoms with Crippen LogP contribution in [0.25, 0.3) is 0 Å². The molecule has 1 aliphatic rings. The molecule has 3 unspecified atom stereocenters. The van der Waals surface area contributed by atoms with Crippen LogP contribution < -0.4 is 0 Å². The van der Waals surface area contributed by atoms with Crippen molar-refractivity contribution in [3.8, 4) is 0 Å². The molecule has 0 aromatic heterocycles. The van der Waals surface area contributed by atoms with Gasteiger partial charge in [-0.15, -0.1) is 0 Å². The summed E-state index contributed by atoms with van der Waals surface area (Å²) in [4.78, 5) is 13.1. The summed E-state index contributed by atoms with van der Waals surface area (Å²) in [5.74, 6) is -1.58. The molecule has 4 heteroatoms. The summed E-state index contributed by atoms with van der Waals surface area (Å²) >= 11 is 0. The van der Waals surface area contributed by atoms with E-state index in [9.17, 15) is 9.90 Å². The molecule has 0 amide bonds. The smallest absolute Gasteiger partial charge is 0.310 e. The van der Waals surface area contributed by atoms with Crippen molar-refractivity contribution in [3.05, 3.63) is 35.4 Å². The molecule has 3 atom stereocenters. The second-order valence-corrected chi connectivity index (χ2v) is 5.53. The molecule has 4 nitrogen and oxygen atoms in total. The molecule has 2 rings (SSSR count). The number of aliphatic hydroxyl groups is 1. The lowest BCUT2D eigenvalue weighted by Gasteiger charge is -2.38. The Balaban J connectivity index is 2.04. The van der Waals surface area contributed by atoms with Crippen molar-refractivity contribution in [2.24, 2.45) is 5.92 Å². The van der Waals surface area contributed by atoms with Crippen molar-refractivity contribution in [1.29, 1.82) is 0 Å². The van der Waals surface area contributed by atoms with Crippen LogP contribution in [0.15, 0.2) is 24.3 Å². The molecule has 1 fully saturated rings. The van der Waals surface area contributed by atoms with Crippen LogP contribution in [0.3, 0.4) is 0 Å². The molecule has 1 aliphatic heterocycles. The van der Waals surface area contributed by atoms with Crippen molar-refractivity contribution >= 4 is 5.97 Å². The van der Waals surface area contributed by atoms with Gasteiger partial charge in [0.1, 0.15) is 0 Å². The summed E-state index contributed by atoms with van der Waals surface area (Å²) in [5, 5.41) is 19.0. The fourth-order valence-corrected chi connectivity index (χ4v) is 2.80. The molecule has 104 valence electrons. The predicted octanol–water partition coefficient (Wildman–Crippen LogP) is 1.30. The van der Waals surface area contributed by atoms with E-state index in [0.29, 0.717) is 13.0 Å². The minimum atomic E-state index is -0.909. The van der Waals surface area contributed by atoms with E-state index < -0.39 is 18.0 Å². The van der Waals surface area contributed by atoms with Gasteiger partial charge in [0.05, 0.1) is 12.0 Å². The number of carboxylic acids is 1. The van der Waals surface area contributed by atoms with Crippen LogP contribution in [0.1, 0.15) is 17.5 Å². The number of likely N-dealkylation sites (N-methyl/N-ethyl adjacent to an activating group) is 1. The van der Waals surface area contributed by atoms with E-state index in [1.54, 1.807) is 0 Å². The average molecular weight is 263 g/mol. The van der Waals surface area contributed by atoms with Crippen molar-refractivity contribution < 1.29 is 15.0 Å². The zero-order chi connectivity index (χ0) is 14.0. The Labute approximate surface area is 113 Å². The maximum Gasteiger partial charge on any atom is 0.310 e. The van der Waals surface area contributed by atoms with Crippen LogP contribution in [-0.4, -0.2) is 46.8 Å². The number of likely N-dealkylation sites (tertiary alicyclic amines) is 1. The van der Waals surface area contributed by atoms with Crippen molar-refractivity contribution in [2.45, 2.75) is 31.9 Å². The fourth-order valence-electron chi connectivity index (χ4n) is 2.80. The number of aryl methyl sites for hydroxylation is 1.